The number of carbonyl (C=O) groups is 1. The van der Waals surface area contributed by atoms with Crippen LogP contribution in [0.1, 0.15) is 30.2 Å². The van der Waals surface area contributed by atoms with Gasteiger partial charge in [-0.1, -0.05) is 24.3 Å². The summed E-state index contributed by atoms with van der Waals surface area (Å²) in [7, 11) is 0. The van der Waals surface area contributed by atoms with Crippen molar-refractivity contribution < 1.29 is 18.3 Å². The van der Waals surface area contributed by atoms with Gasteiger partial charge in [-0.15, -0.1) is 0 Å². The Labute approximate surface area is 147 Å². The van der Waals surface area contributed by atoms with Gasteiger partial charge < -0.3 is 9.30 Å². The van der Waals surface area contributed by atoms with Gasteiger partial charge in [-0.2, -0.15) is 4.39 Å². The highest BCUT2D eigenvalue weighted by molar-refractivity contribution is 5.95. The number of aromatic nitrogens is 1. The van der Waals surface area contributed by atoms with E-state index in [1.54, 1.807) is 35.0 Å². The summed E-state index contributed by atoms with van der Waals surface area (Å²) >= 11 is 0. The maximum Gasteiger partial charge on any atom is 0.202 e. The fourth-order valence-corrected chi connectivity index (χ4v) is 3.28. The Balaban J connectivity index is 2.04. The van der Waals surface area contributed by atoms with Crippen molar-refractivity contribution in [1.82, 2.24) is 4.57 Å². The Morgan fingerprint density at radius 2 is 1.92 bits per heavy atom. The first kappa shape index (κ1) is 16.4. The first-order valence-corrected chi connectivity index (χ1v) is 8.19. The molecule has 0 radical (unpaired) electrons. The molecular weight excluding hydrogens is 340 g/mol. The molecule has 3 aromatic rings. The van der Waals surface area contributed by atoms with Crippen LogP contribution in [-0.4, -0.2) is 17.0 Å². The summed E-state index contributed by atoms with van der Waals surface area (Å²) in [5.74, 6) is -2.51. The molecule has 0 N–H and O–H groups in total. The van der Waals surface area contributed by atoms with E-state index in [4.69, 9.17) is 4.74 Å². The average Bonchev–Trinajstić information content (AvgIpc) is 2.63. The zero-order valence-corrected chi connectivity index (χ0v) is 14.2. The predicted octanol–water partition coefficient (Wildman–Crippen LogP) is 4.10. The van der Waals surface area contributed by atoms with E-state index in [0.29, 0.717) is 16.7 Å². The van der Waals surface area contributed by atoms with E-state index >= 15 is 0 Å². The number of nitrogens with zero attached hydrogens (tertiary/aromatic N) is 1. The Bertz CT molecular complexity index is 1120. The molecule has 0 saturated heterocycles. The number of Topliss-reactive ketones (excluding diaryl/α,β-unsaturated/α-hetero) is 1. The average molecular weight is 355 g/mol. The maximum absolute atomic E-state index is 14.1. The first-order valence-electron chi connectivity index (χ1n) is 8.19. The van der Waals surface area contributed by atoms with Crippen LogP contribution in [0.4, 0.5) is 8.78 Å². The lowest BCUT2D eigenvalue weighted by atomic mass is 10.0. The molecule has 0 aliphatic carbocycles. The van der Waals surface area contributed by atoms with E-state index in [1.807, 2.05) is 6.92 Å². The van der Waals surface area contributed by atoms with E-state index < -0.39 is 17.1 Å². The number of hydrogen-bond acceptors (Lipinski definition) is 3. The SMILES string of the molecule is CC(=O)c1ccc(-c2cn3c4c(c(F)c(F)cc4c2=O)OC[C@@H]3C)cc1. The monoisotopic (exact) mass is 355 g/mol. The molecule has 1 atom stereocenters. The van der Waals surface area contributed by atoms with Crippen LogP contribution in [0.5, 0.6) is 5.75 Å². The fraction of sp³-hybridized carbons (Fsp3) is 0.200. The van der Waals surface area contributed by atoms with Gasteiger partial charge in [0.25, 0.3) is 0 Å². The number of benzene rings is 2. The quantitative estimate of drug-likeness (QED) is 0.650. The highest BCUT2D eigenvalue weighted by atomic mass is 19.2. The van der Waals surface area contributed by atoms with Crippen LogP contribution >= 0.6 is 0 Å². The number of halogens is 2. The molecule has 0 saturated carbocycles. The van der Waals surface area contributed by atoms with E-state index in [9.17, 15) is 18.4 Å². The fourth-order valence-electron chi connectivity index (χ4n) is 3.28. The molecule has 0 spiro atoms. The summed E-state index contributed by atoms with van der Waals surface area (Å²) in [6.07, 6.45) is 1.64. The van der Waals surface area contributed by atoms with Gasteiger partial charge in [-0.25, -0.2) is 4.39 Å². The van der Waals surface area contributed by atoms with Crippen LogP contribution < -0.4 is 10.2 Å². The van der Waals surface area contributed by atoms with E-state index in [1.165, 1.54) is 6.92 Å². The minimum absolute atomic E-state index is 0.0681. The summed E-state index contributed by atoms with van der Waals surface area (Å²) in [5.41, 5.74) is 1.35. The highest BCUT2D eigenvalue weighted by Crippen LogP contribution is 2.36. The van der Waals surface area contributed by atoms with Crippen LogP contribution in [0, 0.1) is 11.6 Å². The number of rotatable bonds is 2. The van der Waals surface area contributed by atoms with Gasteiger partial charge in [0.05, 0.1) is 16.9 Å². The van der Waals surface area contributed by atoms with Gasteiger partial charge in [-0.05, 0) is 25.5 Å². The molecule has 4 nitrogen and oxygen atoms in total. The van der Waals surface area contributed by atoms with Gasteiger partial charge in [-0.3, -0.25) is 9.59 Å². The van der Waals surface area contributed by atoms with Gasteiger partial charge in [0.15, 0.2) is 22.8 Å². The van der Waals surface area contributed by atoms with E-state index in [-0.39, 0.29) is 35.1 Å². The van der Waals surface area contributed by atoms with Crippen molar-refractivity contribution >= 4 is 16.7 Å². The second-order valence-electron chi connectivity index (χ2n) is 6.47. The third-order valence-corrected chi connectivity index (χ3v) is 4.71. The normalized spacial score (nSPS) is 15.8. The Morgan fingerprint density at radius 1 is 1.23 bits per heavy atom. The summed E-state index contributed by atoms with van der Waals surface area (Å²) in [4.78, 5) is 24.4. The molecule has 2 heterocycles. The number of carbonyl (C=O) groups excluding carboxylic acids is 1. The number of pyridine rings is 1. The van der Waals surface area contributed by atoms with E-state index in [2.05, 4.69) is 0 Å². The van der Waals surface area contributed by atoms with Crippen molar-refractivity contribution in [2.45, 2.75) is 19.9 Å². The zero-order chi connectivity index (χ0) is 18.6. The second kappa shape index (κ2) is 5.76. The number of ether oxygens (including phenoxy) is 1. The Morgan fingerprint density at radius 3 is 2.58 bits per heavy atom. The smallest absolute Gasteiger partial charge is 0.202 e. The van der Waals surface area contributed by atoms with Crippen LogP contribution in [0.3, 0.4) is 0 Å². The Kier molecular flexibility index (Phi) is 3.64. The third-order valence-electron chi connectivity index (χ3n) is 4.71. The molecule has 26 heavy (non-hydrogen) atoms. The maximum atomic E-state index is 14.1. The van der Waals surface area contributed by atoms with Crippen LogP contribution in [0.25, 0.3) is 22.0 Å². The summed E-state index contributed by atoms with van der Waals surface area (Å²) in [6, 6.07) is 7.41. The zero-order valence-electron chi connectivity index (χ0n) is 14.2. The van der Waals surface area contributed by atoms with Gasteiger partial charge in [0.1, 0.15) is 6.61 Å². The molecule has 1 aliphatic rings. The van der Waals surface area contributed by atoms with Crippen molar-refractivity contribution in [3.05, 3.63) is 63.9 Å². The van der Waals surface area contributed by atoms with Crippen molar-refractivity contribution in [3.8, 4) is 16.9 Å². The molecule has 2 aromatic carbocycles. The number of hydrogen-bond donors (Lipinski definition) is 0. The summed E-state index contributed by atoms with van der Waals surface area (Å²) in [5, 5.41) is 0.0681. The molecular formula is C20H15F2NO3. The minimum Gasteiger partial charge on any atom is -0.486 e. The molecule has 0 bridgehead atoms. The largest absolute Gasteiger partial charge is 0.486 e. The van der Waals surface area contributed by atoms with Crippen LogP contribution in [-0.2, 0) is 0 Å². The molecule has 0 unspecified atom stereocenters. The second-order valence-corrected chi connectivity index (χ2v) is 6.47. The molecule has 132 valence electrons. The predicted molar refractivity (Wildman–Crippen MR) is 93.8 cm³/mol. The van der Waals surface area contributed by atoms with Crippen LogP contribution in [0.15, 0.2) is 41.3 Å². The van der Waals surface area contributed by atoms with Gasteiger partial charge >= 0.3 is 0 Å². The van der Waals surface area contributed by atoms with Gasteiger partial charge in [0, 0.05) is 17.3 Å². The Hall–Kier alpha value is -3.02. The van der Waals surface area contributed by atoms with Crippen molar-refractivity contribution in [2.75, 3.05) is 6.61 Å². The van der Waals surface area contributed by atoms with E-state index in [0.717, 1.165) is 6.07 Å². The van der Waals surface area contributed by atoms with Crippen LogP contribution in [0.2, 0.25) is 0 Å². The third kappa shape index (κ3) is 2.33. The lowest BCUT2D eigenvalue weighted by molar-refractivity contribution is 0.101. The topological polar surface area (TPSA) is 48.3 Å². The molecule has 1 aliphatic heterocycles. The lowest BCUT2D eigenvalue weighted by Crippen LogP contribution is -2.25. The van der Waals surface area contributed by atoms with Crippen molar-refractivity contribution in [1.29, 1.82) is 0 Å². The highest BCUT2D eigenvalue weighted by Gasteiger charge is 2.27. The summed E-state index contributed by atoms with van der Waals surface area (Å²) in [6.45, 7) is 3.51. The number of ketones is 1. The molecule has 0 amide bonds. The van der Waals surface area contributed by atoms with Crippen molar-refractivity contribution in [3.63, 3.8) is 0 Å². The molecule has 0 fully saturated rings. The van der Waals surface area contributed by atoms with Crippen molar-refractivity contribution in [2.24, 2.45) is 0 Å². The standard InChI is InChI=1S/C20H15F2NO3/c1-10-9-26-20-17(22)16(21)7-14-18(20)23(10)8-15(19(14)25)13-5-3-12(4-6-13)11(2)24/h3-8,10H,9H2,1-2H3/t10-/m0/s1. The summed E-state index contributed by atoms with van der Waals surface area (Å²) < 4.78 is 35.2. The lowest BCUT2D eigenvalue weighted by Gasteiger charge is -2.27. The molecule has 6 heteroatoms. The molecule has 4 rings (SSSR count). The first-order chi connectivity index (χ1) is 12.4. The minimum atomic E-state index is -1.12. The molecule has 1 aromatic heterocycles. The van der Waals surface area contributed by atoms with Gasteiger partial charge in [0.2, 0.25) is 5.82 Å².